The van der Waals surface area contributed by atoms with Crippen LogP contribution in [0.5, 0.6) is 0 Å². The van der Waals surface area contributed by atoms with Gasteiger partial charge in [-0.05, 0) is 44.3 Å². The Kier molecular flexibility index (Phi) is 7.20. The van der Waals surface area contributed by atoms with E-state index in [0.29, 0.717) is 6.04 Å². The number of nitrogens with one attached hydrogen (secondary N) is 1. The third kappa shape index (κ3) is 5.42. The van der Waals surface area contributed by atoms with Crippen molar-refractivity contribution in [2.24, 2.45) is 5.92 Å². The molecule has 21 heavy (non-hydrogen) atoms. The zero-order chi connectivity index (χ0) is 14.9. The molecule has 1 unspecified atom stereocenters. The molecular formula is C18H30N2O. The average Bonchev–Trinajstić information content (AvgIpc) is 2.53. The van der Waals surface area contributed by atoms with Gasteiger partial charge in [-0.25, -0.2) is 0 Å². The molecule has 1 atom stereocenters. The molecule has 1 aromatic rings. The minimum Gasteiger partial charge on any atom is -0.381 e. The van der Waals surface area contributed by atoms with Crippen molar-refractivity contribution >= 4 is 0 Å². The maximum Gasteiger partial charge on any atom is 0.0469 e. The molecular weight excluding hydrogens is 260 g/mol. The molecule has 3 nitrogen and oxygen atoms in total. The molecule has 3 heteroatoms. The van der Waals surface area contributed by atoms with E-state index in [-0.39, 0.29) is 0 Å². The van der Waals surface area contributed by atoms with Crippen LogP contribution in [0.15, 0.2) is 30.3 Å². The Morgan fingerprint density at radius 3 is 2.62 bits per heavy atom. The highest BCUT2D eigenvalue weighted by atomic mass is 16.5. The van der Waals surface area contributed by atoms with Gasteiger partial charge in [0.15, 0.2) is 0 Å². The summed E-state index contributed by atoms with van der Waals surface area (Å²) in [6, 6.07) is 11.3. The van der Waals surface area contributed by atoms with Gasteiger partial charge in [-0.1, -0.05) is 37.3 Å². The summed E-state index contributed by atoms with van der Waals surface area (Å²) < 4.78 is 5.47. The van der Waals surface area contributed by atoms with Crippen LogP contribution in [-0.4, -0.2) is 44.8 Å². The van der Waals surface area contributed by atoms with Crippen molar-refractivity contribution in [1.82, 2.24) is 10.2 Å². The molecule has 0 aromatic heterocycles. The number of ether oxygens (including phenoxy) is 1. The van der Waals surface area contributed by atoms with Crippen LogP contribution in [0.2, 0.25) is 0 Å². The van der Waals surface area contributed by atoms with Gasteiger partial charge in [0.05, 0.1) is 0 Å². The van der Waals surface area contributed by atoms with Gasteiger partial charge in [0.25, 0.3) is 0 Å². The summed E-state index contributed by atoms with van der Waals surface area (Å²) in [4.78, 5) is 2.52. The Labute approximate surface area is 129 Å². The van der Waals surface area contributed by atoms with E-state index >= 15 is 0 Å². The highest BCUT2D eigenvalue weighted by Gasteiger charge is 2.21. The Morgan fingerprint density at radius 1 is 1.24 bits per heavy atom. The molecule has 118 valence electrons. The molecule has 1 aliphatic heterocycles. The predicted octanol–water partition coefficient (Wildman–Crippen LogP) is 3.09. The number of likely N-dealkylation sites (N-methyl/N-ethyl adjacent to an activating group) is 1. The minimum absolute atomic E-state index is 0.459. The van der Waals surface area contributed by atoms with E-state index in [4.69, 9.17) is 4.74 Å². The van der Waals surface area contributed by atoms with Gasteiger partial charge in [-0.2, -0.15) is 0 Å². The Bertz CT molecular complexity index is 376. The van der Waals surface area contributed by atoms with Gasteiger partial charge >= 0.3 is 0 Å². The number of rotatable bonds is 8. The van der Waals surface area contributed by atoms with E-state index in [9.17, 15) is 0 Å². The van der Waals surface area contributed by atoms with Crippen molar-refractivity contribution in [3.63, 3.8) is 0 Å². The van der Waals surface area contributed by atoms with E-state index in [1.165, 1.54) is 24.8 Å². The van der Waals surface area contributed by atoms with Gasteiger partial charge < -0.3 is 10.1 Å². The van der Waals surface area contributed by atoms with Crippen molar-refractivity contribution in [2.75, 3.05) is 39.9 Å². The van der Waals surface area contributed by atoms with E-state index in [2.05, 4.69) is 54.5 Å². The quantitative estimate of drug-likeness (QED) is 0.745. The maximum absolute atomic E-state index is 5.47. The summed E-state index contributed by atoms with van der Waals surface area (Å²) in [6.45, 7) is 7.37. The van der Waals surface area contributed by atoms with E-state index < -0.39 is 0 Å². The van der Waals surface area contributed by atoms with Gasteiger partial charge in [-0.3, -0.25) is 4.90 Å². The number of benzene rings is 1. The Morgan fingerprint density at radius 2 is 1.95 bits per heavy atom. The van der Waals surface area contributed by atoms with Crippen LogP contribution in [0.3, 0.4) is 0 Å². The summed E-state index contributed by atoms with van der Waals surface area (Å²) in [5, 5.41) is 3.59. The number of hydrogen-bond acceptors (Lipinski definition) is 3. The lowest BCUT2D eigenvalue weighted by Gasteiger charge is -2.33. The van der Waals surface area contributed by atoms with Crippen LogP contribution >= 0.6 is 0 Å². The molecule has 0 aliphatic carbocycles. The lowest BCUT2D eigenvalue weighted by molar-refractivity contribution is 0.0501. The van der Waals surface area contributed by atoms with Crippen LogP contribution in [0.25, 0.3) is 0 Å². The highest BCUT2D eigenvalue weighted by molar-refractivity contribution is 5.19. The van der Waals surface area contributed by atoms with Crippen molar-refractivity contribution in [3.8, 4) is 0 Å². The molecule has 1 heterocycles. The van der Waals surface area contributed by atoms with Gasteiger partial charge in [0.1, 0.15) is 0 Å². The normalized spacial score (nSPS) is 18.0. The number of hydrogen-bond donors (Lipinski definition) is 1. The van der Waals surface area contributed by atoms with Gasteiger partial charge in [0, 0.05) is 32.3 Å². The standard InChI is InChI=1S/C18H30N2O/c1-3-11-19-14-18(17-7-5-4-6-8-17)20(2)15-16-9-12-21-13-10-16/h4-8,16,18-19H,3,9-15H2,1-2H3. The first-order valence-corrected chi connectivity index (χ1v) is 8.35. The maximum atomic E-state index is 5.47. The minimum atomic E-state index is 0.459. The van der Waals surface area contributed by atoms with Crippen molar-refractivity contribution in [3.05, 3.63) is 35.9 Å². The largest absolute Gasteiger partial charge is 0.381 e. The molecule has 1 N–H and O–H groups in total. The second-order valence-electron chi connectivity index (χ2n) is 6.13. The molecule has 1 fully saturated rings. The van der Waals surface area contributed by atoms with Crippen LogP contribution in [-0.2, 0) is 4.74 Å². The molecule has 0 amide bonds. The third-order valence-corrected chi connectivity index (χ3v) is 4.37. The molecule has 0 bridgehead atoms. The second kappa shape index (κ2) is 9.19. The van der Waals surface area contributed by atoms with Gasteiger partial charge in [-0.15, -0.1) is 0 Å². The van der Waals surface area contributed by atoms with Crippen molar-refractivity contribution < 1.29 is 4.74 Å². The third-order valence-electron chi connectivity index (χ3n) is 4.37. The molecule has 0 saturated carbocycles. The monoisotopic (exact) mass is 290 g/mol. The fourth-order valence-corrected chi connectivity index (χ4v) is 3.08. The summed E-state index contributed by atoms with van der Waals surface area (Å²) in [6.07, 6.45) is 3.59. The zero-order valence-corrected chi connectivity index (χ0v) is 13.6. The Hall–Kier alpha value is -0.900. The van der Waals surface area contributed by atoms with Gasteiger partial charge in [0.2, 0.25) is 0 Å². The average molecular weight is 290 g/mol. The summed E-state index contributed by atoms with van der Waals surface area (Å²) in [5.41, 5.74) is 1.41. The molecule has 2 rings (SSSR count). The molecule has 0 radical (unpaired) electrons. The van der Waals surface area contributed by atoms with E-state index in [0.717, 1.165) is 38.8 Å². The molecule has 0 spiro atoms. The summed E-state index contributed by atoms with van der Waals surface area (Å²) in [5.74, 6) is 0.779. The first-order valence-electron chi connectivity index (χ1n) is 8.35. The molecule has 1 aliphatic rings. The fourth-order valence-electron chi connectivity index (χ4n) is 3.08. The lowest BCUT2D eigenvalue weighted by Crippen LogP contribution is -2.37. The second-order valence-corrected chi connectivity index (χ2v) is 6.13. The van der Waals surface area contributed by atoms with Crippen LogP contribution in [0, 0.1) is 5.92 Å². The Balaban J connectivity index is 1.95. The smallest absolute Gasteiger partial charge is 0.0469 e. The van der Waals surface area contributed by atoms with E-state index in [1.54, 1.807) is 0 Å². The van der Waals surface area contributed by atoms with Crippen molar-refractivity contribution in [2.45, 2.75) is 32.2 Å². The SMILES string of the molecule is CCCNCC(c1ccccc1)N(C)CC1CCOCC1. The summed E-state index contributed by atoms with van der Waals surface area (Å²) >= 11 is 0. The highest BCUT2D eigenvalue weighted by Crippen LogP contribution is 2.23. The van der Waals surface area contributed by atoms with Crippen LogP contribution < -0.4 is 5.32 Å². The number of nitrogens with zero attached hydrogens (tertiary/aromatic N) is 1. The first-order chi connectivity index (χ1) is 10.3. The zero-order valence-electron chi connectivity index (χ0n) is 13.6. The predicted molar refractivity (Wildman–Crippen MR) is 88.5 cm³/mol. The van der Waals surface area contributed by atoms with Crippen LogP contribution in [0.4, 0.5) is 0 Å². The van der Waals surface area contributed by atoms with Crippen LogP contribution in [0.1, 0.15) is 37.8 Å². The molecule has 1 saturated heterocycles. The summed E-state index contributed by atoms with van der Waals surface area (Å²) in [7, 11) is 2.26. The fraction of sp³-hybridized carbons (Fsp3) is 0.667. The topological polar surface area (TPSA) is 24.5 Å². The first kappa shape index (κ1) is 16.5. The molecule has 1 aromatic carbocycles. The van der Waals surface area contributed by atoms with E-state index in [1.807, 2.05) is 0 Å². The van der Waals surface area contributed by atoms with Crippen molar-refractivity contribution in [1.29, 1.82) is 0 Å². The lowest BCUT2D eigenvalue weighted by atomic mass is 9.97.